The molecule has 4 rings (SSSR count). The quantitative estimate of drug-likeness (QED) is 0.803. The van der Waals surface area contributed by atoms with E-state index in [1.807, 2.05) is 54.6 Å². The molecule has 0 aliphatic heterocycles. The highest BCUT2D eigenvalue weighted by atomic mass is 16.5. The number of nitriles is 3. The lowest BCUT2D eigenvalue weighted by Crippen LogP contribution is -2.60. The maximum absolute atomic E-state index is 10.1. The van der Waals surface area contributed by atoms with E-state index in [-0.39, 0.29) is 11.6 Å². The summed E-state index contributed by atoms with van der Waals surface area (Å²) in [6.07, 6.45) is 4.73. The molecule has 0 spiro atoms. The van der Waals surface area contributed by atoms with Crippen LogP contribution in [0, 0.1) is 51.2 Å². The Morgan fingerprint density at radius 1 is 0.967 bits per heavy atom. The van der Waals surface area contributed by atoms with Gasteiger partial charge in [-0.05, 0) is 60.6 Å². The van der Waals surface area contributed by atoms with Crippen LogP contribution in [0.1, 0.15) is 30.7 Å². The van der Waals surface area contributed by atoms with Crippen molar-refractivity contribution in [2.24, 2.45) is 17.3 Å². The van der Waals surface area contributed by atoms with E-state index in [0.717, 1.165) is 30.4 Å². The SMILES string of the molecule is N#C[C@@H]1C(=[NH2+])C(C#N)(C#N)[C@H](c2cccc(Oc3ccccc3)c2)[C@@H]2CCCC=C12. The predicted octanol–water partition coefficient (Wildman–Crippen LogP) is 3.68. The van der Waals surface area contributed by atoms with Gasteiger partial charge >= 0.3 is 0 Å². The third-order valence-corrected chi connectivity index (χ3v) is 6.17. The molecular formula is C25H21N4O+. The van der Waals surface area contributed by atoms with Crippen LogP contribution in [0.2, 0.25) is 0 Å². The molecule has 3 atom stereocenters. The van der Waals surface area contributed by atoms with Crippen molar-refractivity contribution in [3.05, 3.63) is 71.8 Å². The Balaban J connectivity index is 1.82. The summed E-state index contributed by atoms with van der Waals surface area (Å²) in [5.41, 5.74) is 0.342. The second-order valence-corrected chi connectivity index (χ2v) is 7.76. The third-order valence-electron chi connectivity index (χ3n) is 6.17. The second-order valence-electron chi connectivity index (χ2n) is 7.76. The maximum atomic E-state index is 10.1. The van der Waals surface area contributed by atoms with E-state index in [1.165, 1.54) is 0 Å². The van der Waals surface area contributed by atoms with Crippen molar-refractivity contribution in [1.82, 2.24) is 0 Å². The summed E-state index contributed by atoms with van der Waals surface area (Å²) in [5, 5.41) is 36.4. The summed E-state index contributed by atoms with van der Waals surface area (Å²) in [6, 6.07) is 23.6. The molecule has 0 radical (unpaired) electrons. The van der Waals surface area contributed by atoms with Crippen molar-refractivity contribution in [3.8, 4) is 29.7 Å². The monoisotopic (exact) mass is 393 g/mol. The van der Waals surface area contributed by atoms with Crippen LogP contribution < -0.4 is 10.1 Å². The Morgan fingerprint density at radius 3 is 2.40 bits per heavy atom. The van der Waals surface area contributed by atoms with E-state index >= 15 is 0 Å². The molecular weight excluding hydrogens is 372 g/mol. The average molecular weight is 393 g/mol. The van der Waals surface area contributed by atoms with Crippen molar-refractivity contribution >= 4 is 5.71 Å². The first-order valence-electron chi connectivity index (χ1n) is 10.0. The maximum Gasteiger partial charge on any atom is 0.230 e. The van der Waals surface area contributed by atoms with E-state index in [1.54, 1.807) is 0 Å². The lowest BCUT2D eigenvalue weighted by molar-refractivity contribution is -0.128. The number of hydrogen-bond donors (Lipinski definition) is 1. The fourth-order valence-electron chi connectivity index (χ4n) is 4.82. The molecule has 2 N–H and O–H groups in total. The minimum Gasteiger partial charge on any atom is -0.457 e. The van der Waals surface area contributed by atoms with Crippen LogP contribution >= 0.6 is 0 Å². The number of fused-ring (bicyclic) bond motifs is 1. The molecule has 0 unspecified atom stereocenters. The van der Waals surface area contributed by atoms with Gasteiger partial charge in [0.2, 0.25) is 11.1 Å². The van der Waals surface area contributed by atoms with Crippen LogP contribution in [0.3, 0.4) is 0 Å². The number of nitrogens with zero attached hydrogens (tertiary/aromatic N) is 3. The molecule has 2 aliphatic carbocycles. The van der Waals surface area contributed by atoms with Crippen LogP contribution in [0.4, 0.5) is 0 Å². The summed E-state index contributed by atoms with van der Waals surface area (Å²) in [6.45, 7) is 0. The number of ether oxygens (including phenoxy) is 1. The second kappa shape index (κ2) is 7.86. The van der Waals surface area contributed by atoms with Crippen LogP contribution in [-0.4, -0.2) is 5.71 Å². The highest BCUT2D eigenvalue weighted by Gasteiger charge is 2.60. The Bertz CT molecular complexity index is 1120. The molecule has 2 aliphatic rings. The van der Waals surface area contributed by atoms with Gasteiger partial charge in [-0.25, -0.2) is 0 Å². The first kappa shape index (κ1) is 19.4. The van der Waals surface area contributed by atoms with Crippen molar-refractivity contribution in [2.75, 3.05) is 0 Å². The van der Waals surface area contributed by atoms with E-state index in [2.05, 4.69) is 24.3 Å². The smallest absolute Gasteiger partial charge is 0.230 e. The summed E-state index contributed by atoms with van der Waals surface area (Å²) in [7, 11) is 0. The van der Waals surface area contributed by atoms with Crippen molar-refractivity contribution < 1.29 is 10.1 Å². The number of rotatable bonds is 3. The molecule has 0 heterocycles. The highest BCUT2D eigenvalue weighted by Crippen LogP contribution is 2.54. The third kappa shape index (κ3) is 3.04. The summed E-state index contributed by atoms with van der Waals surface area (Å²) < 4.78 is 5.98. The molecule has 5 nitrogen and oxygen atoms in total. The standard InChI is InChI=1S/C25H20N4O/c26-14-22-20-11-4-5-12-21(20)23(25(15-27,16-28)24(22)29)17-7-6-10-19(13-17)30-18-8-2-1-3-9-18/h1-3,6-11,13,21-23,29H,4-5,12H2/p+1/t21-,22+,23-/m1/s1. The molecule has 1 fully saturated rings. The summed E-state index contributed by atoms with van der Waals surface area (Å²) >= 11 is 0. The zero-order valence-corrected chi connectivity index (χ0v) is 16.5. The van der Waals surface area contributed by atoms with Gasteiger partial charge in [0.25, 0.3) is 0 Å². The van der Waals surface area contributed by atoms with Gasteiger partial charge in [-0.1, -0.05) is 36.4 Å². The average Bonchev–Trinajstić information content (AvgIpc) is 2.79. The molecule has 2 aromatic carbocycles. The summed E-state index contributed by atoms with van der Waals surface area (Å²) in [5.74, 6) is 0.101. The molecule has 1 saturated carbocycles. The van der Waals surface area contributed by atoms with Gasteiger partial charge < -0.3 is 4.74 Å². The van der Waals surface area contributed by atoms with E-state index in [4.69, 9.17) is 10.1 Å². The van der Waals surface area contributed by atoms with Crippen molar-refractivity contribution in [1.29, 1.82) is 15.8 Å². The van der Waals surface area contributed by atoms with Gasteiger partial charge in [0.1, 0.15) is 17.4 Å². The topological polar surface area (TPSA) is 106 Å². The molecule has 0 aromatic heterocycles. The number of benzene rings is 2. The minimum atomic E-state index is -1.56. The number of para-hydroxylation sites is 1. The lowest BCUT2D eigenvalue weighted by atomic mass is 9.53. The first-order chi connectivity index (χ1) is 14.6. The Labute approximate surface area is 176 Å². The van der Waals surface area contributed by atoms with Crippen LogP contribution in [0.25, 0.3) is 0 Å². The van der Waals surface area contributed by atoms with E-state index < -0.39 is 17.3 Å². The summed E-state index contributed by atoms with van der Waals surface area (Å²) in [4.78, 5) is 0. The van der Waals surface area contributed by atoms with Gasteiger partial charge in [0.05, 0.1) is 18.2 Å². The molecule has 0 saturated heterocycles. The molecule has 146 valence electrons. The number of allylic oxidation sites excluding steroid dienone is 2. The van der Waals surface area contributed by atoms with Gasteiger partial charge in [-0.3, -0.25) is 5.41 Å². The van der Waals surface area contributed by atoms with Gasteiger partial charge in [0, 0.05) is 5.92 Å². The normalized spacial score (nSPS) is 24.4. The molecule has 30 heavy (non-hydrogen) atoms. The Kier molecular flexibility index (Phi) is 5.09. The zero-order chi connectivity index (χ0) is 21.1. The highest BCUT2D eigenvalue weighted by molar-refractivity contribution is 5.98. The molecule has 0 bridgehead atoms. The van der Waals surface area contributed by atoms with Crippen LogP contribution in [-0.2, 0) is 0 Å². The number of nitrogens with two attached hydrogens (primary N) is 1. The van der Waals surface area contributed by atoms with Gasteiger partial charge in [0.15, 0.2) is 0 Å². The van der Waals surface area contributed by atoms with Gasteiger partial charge in [-0.2, -0.15) is 15.8 Å². The zero-order valence-electron chi connectivity index (χ0n) is 16.5. The Hall–Kier alpha value is -3.88. The Morgan fingerprint density at radius 2 is 1.70 bits per heavy atom. The van der Waals surface area contributed by atoms with Gasteiger partial charge in [-0.15, -0.1) is 0 Å². The largest absolute Gasteiger partial charge is 0.457 e. The van der Waals surface area contributed by atoms with Crippen molar-refractivity contribution in [3.63, 3.8) is 0 Å². The molecule has 2 aromatic rings. The van der Waals surface area contributed by atoms with Crippen molar-refractivity contribution in [2.45, 2.75) is 25.2 Å². The minimum absolute atomic E-state index is 0.0815. The van der Waals surface area contributed by atoms with Crippen LogP contribution in [0.5, 0.6) is 11.5 Å². The molecule has 5 heteroatoms. The number of hydrogen-bond acceptors (Lipinski definition) is 4. The first-order valence-corrected chi connectivity index (χ1v) is 10.0. The lowest BCUT2D eigenvalue weighted by Gasteiger charge is -2.43. The fraction of sp³-hybridized carbons (Fsp3) is 0.280. The molecule has 0 amide bonds. The van der Waals surface area contributed by atoms with E-state index in [9.17, 15) is 15.8 Å². The predicted molar refractivity (Wildman–Crippen MR) is 111 cm³/mol. The van der Waals surface area contributed by atoms with E-state index in [0.29, 0.717) is 11.5 Å². The fourth-order valence-corrected chi connectivity index (χ4v) is 4.82. The van der Waals surface area contributed by atoms with Crippen LogP contribution in [0.15, 0.2) is 66.2 Å².